The minimum absolute atomic E-state index is 0.0965. The summed E-state index contributed by atoms with van der Waals surface area (Å²) in [6.45, 7) is 10.9. The molecule has 0 atom stereocenters. The van der Waals surface area contributed by atoms with E-state index in [1.807, 2.05) is 18.2 Å². The topological polar surface area (TPSA) is 50.6 Å². The van der Waals surface area contributed by atoms with E-state index in [0.29, 0.717) is 40.2 Å². The van der Waals surface area contributed by atoms with Gasteiger partial charge in [0, 0.05) is 28.0 Å². The smallest absolute Gasteiger partial charge is 0.279 e. The molecule has 150 valence electrons. The second kappa shape index (κ2) is 10.4. The van der Waals surface area contributed by atoms with Gasteiger partial charge in [-0.2, -0.15) is 0 Å². The average molecular weight is 402 g/mol. The van der Waals surface area contributed by atoms with E-state index in [1.54, 1.807) is 30.3 Å². The molecule has 2 rings (SSSR count). The second-order valence-corrected chi connectivity index (χ2v) is 8.49. The summed E-state index contributed by atoms with van der Waals surface area (Å²) >= 11 is 6.11. The van der Waals surface area contributed by atoms with Gasteiger partial charge in [-0.15, -0.1) is 0 Å². The van der Waals surface area contributed by atoms with Crippen LogP contribution in [0.4, 0.5) is 5.69 Å². The fraction of sp³-hybridized carbons (Fsp3) is 0.391. The first-order chi connectivity index (χ1) is 13.3. The molecule has 0 aliphatic carbocycles. The summed E-state index contributed by atoms with van der Waals surface area (Å²) in [7, 11) is 0. The minimum atomic E-state index is -0.160. The lowest BCUT2D eigenvalue weighted by atomic mass is 10.0. The second-order valence-electron chi connectivity index (χ2n) is 8.06. The van der Waals surface area contributed by atoms with Crippen molar-refractivity contribution in [1.82, 2.24) is 0 Å². The number of carbonyl (C=O) groups excluding carboxylic acids is 2. The Kier molecular flexibility index (Phi) is 8.21. The lowest BCUT2D eigenvalue weighted by molar-refractivity contribution is -0.897. The Hall–Kier alpha value is -2.17. The number of nitrogens with one attached hydrogen (secondary N) is 2. The van der Waals surface area contributed by atoms with Crippen LogP contribution in [-0.2, 0) is 4.79 Å². The number of quaternary nitrogens is 1. The minimum Gasteiger partial charge on any atom is -0.327 e. The van der Waals surface area contributed by atoms with Crippen molar-refractivity contribution in [2.24, 2.45) is 11.8 Å². The first kappa shape index (κ1) is 22.1. The van der Waals surface area contributed by atoms with E-state index >= 15 is 0 Å². The Morgan fingerprint density at radius 3 is 2.14 bits per heavy atom. The van der Waals surface area contributed by atoms with Crippen LogP contribution >= 0.6 is 11.6 Å². The largest absolute Gasteiger partial charge is 0.327 e. The molecular weight excluding hydrogens is 372 g/mol. The van der Waals surface area contributed by atoms with E-state index in [9.17, 15) is 9.59 Å². The maximum Gasteiger partial charge on any atom is 0.279 e. The zero-order valence-electron chi connectivity index (χ0n) is 17.1. The molecule has 0 aromatic heterocycles. The summed E-state index contributed by atoms with van der Waals surface area (Å²) in [5, 5.41) is 3.39. The van der Waals surface area contributed by atoms with Crippen LogP contribution < -0.4 is 10.2 Å². The summed E-state index contributed by atoms with van der Waals surface area (Å²) < 4.78 is 0. The maximum absolute atomic E-state index is 12.9. The molecule has 0 spiro atoms. The van der Waals surface area contributed by atoms with E-state index in [2.05, 4.69) is 33.0 Å². The van der Waals surface area contributed by atoms with E-state index in [4.69, 9.17) is 11.6 Å². The molecule has 2 N–H and O–H groups in total. The molecule has 0 saturated carbocycles. The van der Waals surface area contributed by atoms with Crippen LogP contribution in [0.3, 0.4) is 0 Å². The number of ketones is 1. The molecule has 2 aromatic carbocycles. The zero-order chi connectivity index (χ0) is 20.7. The Balaban J connectivity index is 2.19. The molecule has 5 heteroatoms. The lowest BCUT2D eigenvalue weighted by Gasteiger charge is -2.23. The third-order valence-electron chi connectivity index (χ3n) is 4.34. The van der Waals surface area contributed by atoms with Crippen molar-refractivity contribution in [3.8, 4) is 0 Å². The van der Waals surface area contributed by atoms with Gasteiger partial charge in [0.1, 0.15) is 0 Å². The van der Waals surface area contributed by atoms with Gasteiger partial charge in [-0.05, 0) is 18.2 Å². The number of hydrogen-bond donors (Lipinski definition) is 2. The van der Waals surface area contributed by atoms with Crippen LogP contribution in [0.25, 0.3) is 0 Å². The highest BCUT2D eigenvalue weighted by atomic mass is 35.5. The van der Waals surface area contributed by atoms with Crippen molar-refractivity contribution in [1.29, 1.82) is 0 Å². The SMILES string of the molecule is CC(C)C[NH+](CC(=O)Nc1ccc(Cl)cc1C(=O)c1ccccc1)CC(C)C. The molecule has 28 heavy (non-hydrogen) atoms. The Bertz CT molecular complexity index is 794. The summed E-state index contributed by atoms with van der Waals surface area (Å²) in [6, 6.07) is 14.0. The Morgan fingerprint density at radius 2 is 1.57 bits per heavy atom. The number of anilines is 1. The van der Waals surface area contributed by atoms with E-state index in [0.717, 1.165) is 13.1 Å². The van der Waals surface area contributed by atoms with Gasteiger partial charge in [0.05, 0.1) is 18.8 Å². The van der Waals surface area contributed by atoms with Gasteiger partial charge in [0.15, 0.2) is 12.3 Å². The van der Waals surface area contributed by atoms with Gasteiger partial charge in [-0.1, -0.05) is 69.6 Å². The van der Waals surface area contributed by atoms with E-state index < -0.39 is 0 Å². The highest BCUT2D eigenvalue weighted by molar-refractivity contribution is 6.31. The van der Waals surface area contributed by atoms with Crippen LogP contribution in [0.5, 0.6) is 0 Å². The van der Waals surface area contributed by atoms with E-state index in [-0.39, 0.29) is 11.7 Å². The molecule has 0 unspecified atom stereocenters. The Morgan fingerprint density at radius 1 is 0.964 bits per heavy atom. The Labute approximate surface area is 172 Å². The van der Waals surface area contributed by atoms with Crippen LogP contribution in [0.15, 0.2) is 48.5 Å². The number of rotatable bonds is 9. The predicted octanol–water partition coefficient (Wildman–Crippen LogP) is 3.71. The van der Waals surface area contributed by atoms with Crippen molar-refractivity contribution in [3.63, 3.8) is 0 Å². The van der Waals surface area contributed by atoms with Crippen LogP contribution in [0.1, 0.15) is 43.6 Å². The third kappa shape index (κ3) is 6.77. The summed E-state index contributed by atoms with van der Waals surface area (Å²) in [4.78, 5) is 26.8. The van der Waals surface area contributed by atoms with Gasteiger partial charge in [-0.3, -0.25) is 9.59 Å². The highest BCUT2D eigenvalue weighted by Gasteiger charge is 2.20. The van der Waals surface area contributed by atoms with Crippen LogP contribution in [-0.4, -0.2) is 31.3 Å². The molecule has 0 aliphatic heterocycles. The number of amides is 1. The van der Waals surface area contributed by atoms with Gasteiger partial charge < -0.3 is 10.2 Å². The lowest BCUT2D eigenvalue weighted by Crippen LogP contribution is -3.14. The molecule has 0 saturated heterocycles. The molecule has 0 radical (unpaired) electrons. The van der Waals surface area contributed by atoms with Crippen molar-refractivity contribution >= 4 is 29.0 Å². The molecule has 0 heterocycles. The highest BCUT2D eigenvalue weighted by Crippen LogP contribution is 2.23. The summed E-state index contributed by atoms with van der Waals surface area (Å²) in [5.41, 5.74) is 1.46. The molecule has 1 amide bonds. The number of carbonyl (C=O) groups is 2. The van der Waals surface area contributed by atoms with Gasteiger partial charge >= 0.3 is 0 Å². The molecule has 4 nitrogen and oxygen atoms in total. The van der Waals surface area contributed by atoms with Crippen LogP contribution in [0, 0.1) is 11.8 Å². The monoisotopic (exact) mass is 401 g/mol. The van der Waals surface area contributed by atoms with Crippen molar-refractivity contribution in [2.45, 2.75) is 27.7 Å². The summed E-state index contributed by atoms with van der Waals surface area (Å²) in [5.74, 6) is 0.757. The normalized spacial score (nSPS) is 11.3. The van der Waals surface area contributed by atoms with Gasteiger partial charge in [0.25, 0.3) is 5.91 Å². The quantitative estimate of drug-likeness (QED) is 0.629. The maximum atomic E-state index is 12.9. The summed E-state index contributed by atoms with van der Waals surface area (Å²) in [6.07, 6.45) is 0. The van der Waals surface area contributed by atoms with E-state index in [1.165, 1.54) is 4.90 Å². The predicted molar refractivity (Wildman–Crippen MR) is 115 cm³/mol. The number of hydrogen-bond acceptors (Lipinski definition) is 2. The van der Waals surface area contributed by atoms with Crippen molar-refractivity contribution < 1.29 is 14.5 Å². The molecule has 0 aliphatic rings. The number of halogens is 1. The van der Waals surface area contributed by atoms with Gasteiger partial charge in [-0.25, -0.2) is 0 Å². The fourth-order valence-corrected chi connectivity index (χ4v) is 3.53. The molecule has 0 fully saturated rings. The first-order valence-electron chi connectivity index (χ1n) is 9.79. The standard InChI is InChI=1S/C23H29ClN2O2/c1-16(2)13-26(14-17(3)4)15-22(27)25-21-11-10-19(24)12-20(21)23(28)18-8-6-5-7-9-18/h5-12,16-17H,13-15H2,1-4H3,(H,25,27)/p+1. The molecule has 2 aromatic rings. The van der Waals surface area contributed by atoms with Crippen molar-refractivity contribution in [3.05, 3.63) is 64.7 Å². The van der Waals surface area contributed by atoms with Gasteiger partial charge in [0.2, 0.25) is 0 Å². The first-order valence-corrected chi connectivity index (χ1v) is 10.2. The molecule has 0 bridgehead atoms. The van der Waals surface area contributed by atoms with Crippen LogP contribution in [0.2, 0.25) is 5.02 Å². The fourth-order valence-electron chi connectivity index (χ4n) is 3.36. The molecular formula is C23H30ClN2O2+. The van der Waals surface area contributed by atoms with Crippen molar-refractivity contribution in [2.75, 3.05) is 25.0 Å². The zero-order valence-corrected chi connectivity index (χ0v) is 17.8. The third-order valence-corrected chi connectivity index (χ3v) is 4.58. The number of benzene rings is 2. The average Bonchev–Trinajstić information content (AvgIpc) is 2.62.